The van der Waals surface area contributed by atoms with Crippen LogP contribution in [0.25, 0.3) is 0 Å². The number of ether oxygens (including phenoxy) is 1. The normalized spacial score (nSPS) is 12.2. The van der Waals surface area contributed by atoms with Gasteiger partial charge in [0.25, 0.3) is 0 Å². The zero-order valence-corrected chi connectivity index (χ0v) is 12.1. The molecule has 19 heavy (non-hydrogen) atoms. The molecule has 2 aromatic rings. The maximum atomic E-state index is 6.22. The molecular weight excluding hydrogens is 281 g/mol. The summed E-state index contributed by atoms with van der Waals surface area (Å²) in [5.74, 6) is 0.588. The summed E-state index contributed by atoms with van der Waals surface area (Å²) in [4.78, 5) is 0. The predicted molar refractivity (Wildman–Crippen MR) is 80.1 cm³/mol. The third kappa shape index (κ3) is 3.41. The first-order chi connectivity index (χ1) is 9.11. The van der Waals surface area contributed by atoms with Gasteiger partial charge in [-0.25, -0.2) is 0 Å². The fourth-order valence-electron chi connectivity index (χ4n) is 1.96. The Morgan fingerprint density at radius 3 is 2.42 bits per heavy atom. The van der Waals surface area contributed by atoms with Crippen molar-refractivity contribution in [2.24, 2.45) is 5.73 Å². The van der Waals surface area contributed by atoms with Gasteiger partial charge in [-0.15, -0.1) is 0 Å². The first-order valence-electron chi connectivity index (χ1n) is 5.94. The fourth-order valence-corrected chi connectivity index (χ4v) is 2.56. The van der Waals surface area contributed by atoms with Gasteiger partial charge in [0.05, 0.1) is 12.1 Å². The summed E-state index contributed by atoms with van der Waals surface area (Å²) >= 11 is 12.2. The van der Waals surface area contributed by atoms with Crippen LogP contribution in [0.4, 0.5) is 0 Å². The summed E-state index contributed by atoms with van der Waals surface area (Å²) in [6, 6.07) is 13.3. The molecule has 0 amide bonds. The van der Waals surface area contributed by atoms with Gasteiger partial charge in [0.1, 0.15) is 5.75 Å². The molecule has 2 N–H and O–H groups in total. The van der Waals surface area contributed by atoms with Crippen molar-refractivity contribution < 1.29 is 4.74 Å². The number of rotatable bonds is 4. The molecule has 0 saturated carbocycles. The van der Waals surface area contributed by atoms with E-state index in [0.29, 0.717) is 22.2 Å². The van der Waals surface area contributed by atoms with Gasteiger partial charge in [0, 0.05) is 11.1 Å². The van der Waals surface area contributed by atoms with E-state index >= 15 is 0 Å². The Balaban J connectivity index is 2.26. The molecule has 4 heteroatoms. The lowest BCUT2D eigenvalue weighted by Crippen LogP contribution is -2.14. The second-order valence-electron chi connectivity index (χ2n) is 4.30. The lowest BCUT2D eigenvalue weighted by Gasteiger charge is -2.16. The van der Waals surface area contributed by atoms with E-state index in [0.717, 1.165) is 5.56 Å². The van der Waals surface area contributed by atoms with E-state index in [1.54, 1.807) is 19.2 Å². The van der Waals surface area contributed by atoms with Crippen LogP contribution in [0.1, 0.15) is 17.2 Å². The Hall–Kier alpha value is -1.22. The van der Waals surface area contributed by atoms with Crippen LogP contribution in [-0.4, -0.2) is 7.11 Å². The van der Waals surface area contributed by atoms with Gasteiger partial charge in [-0.3, -0.25) is 0 Å². The molecule has 0 aromatic heterocycles. The molecule has 0 heterocycles. The average molecular weight is 296 g/mol. The van der Waals surface area contributed by atoms with Crippen LogP contribution in [0.3, 0.4) is 0 Å². The third-order valence-corrected chi connectivity index (χ3v) is 3.59. The van der Waals surface area contributed by atoms with Crippen molar-refractivity contribution in [2.75, 3.05) is 7.11 Å². The van der Waals surface area contributed by atoms with Crippen molar-refractivity contribution in [2.45, 2.75) is 12.5 Å². The quantitative estimate of drug-likeness (QED) is 0.915. The van der Waals surface area contributed by atoms with Gasteiger partial charge in [-0.1, -0.05) is 53.5 Å². The van der Waals surface area contributed by atoms with Crippen molar-refractivity contribution in [3.8, 4) is 5.75 Å². The molecule has 100 valence electrons. The van der Waals surface area contributed by atoms with Crippen LogP contribution >= 0.6 is 23.2 Å². The molecule has 0 bridgehead atoms. The molecule has 2 rings (SSSR count). The number of hydrogen-bond acceptors (Lipinski definition) is 2. The van der Waals surface area contributed by atoms with Crippen LogP contribution < -0.4 is 10.5 Å². The topological polar surface area (TPSA) is 35.2 Å². The molecule has 1 atom stereocenters. The van der Waals surface area contributed by atoms with Gasteiger partial charge >= 0.3 is 0 Å². The van der Waals surface area contributed by atoms with E-state index in [4.69, 9.17) is 33.7 Å². The number of benzene rings is 2. The number of hydrogen-bond donors (Lipinski definition) is 1. The molecule has 2 aromatic carbocycles. The largest absolute Gasteiger partial charge is 0.495 e. The third-order valence-electron chi connectivity index (χ3n) is 2.97. The van der Waals surface area contributed by atoms with E-state index < -0.39 is 0 Å². The van der Waals surface area contributed by atoms with Crippen molar-refractivity contribution in [1.82, 2.24) is 0 Å². The van der Waals surface area contributed by atoms with Crippen molar-refractivity contribution >= 4 is 23.2 Å². The SMILES string of the molecule is COc1cc(C(N)Cc2ccccc2)c(Cl)cc1Cl. The summed E-state index contributed by atoms with van der Waals surface area (Å²) in [5.41, 5.74) is 8.22. The Morgan fingerprint density at radius 2 is 1.79 bits per heavy atom. The minimum atomic E-state index is -0.193. The fraction of sp³-hybridized carbons (Fsp3) is 0.200. The molecule has 0 aliphatic rings. The number of halogens is 2. The van der Waals surface area contributed by atoms with Gasteiger partial charge in [-0.2, -0.15) is 0 Å². The molecule has 2 nitrogen and oxygen atoms in total. The van der Waals surface area contributed by atoms with Crippen LogP contribution in [-0.2, 0) is 6.42 Å². The standard InChI is InChI=1S/C15H15Cl2NO/c1-19-15-8-11(12(16)9-13(15)17)14(18)7-10-5-3-2-4-6-10/h2-6,8-9,14H,7,18H2,1H3. The molecular formula is C15H15Cl2NO. The summed E-state index contributed by atoms with van der Waals surface area (Å²) in [7, 11) is 1.57. The monoisotopic (exact) mass is 295 g/mol. The summed E-state index contributed by atoms with van der Waals surface area (Å²) < 4.78 is 5.19. The second-order valence-corrected chi connectivity index (χ2v) is 5.12. The van der Waals surface area contributed by atoms with Gasteiger partial charge < -0.3 is 10.5 Å². The van der Waals surface area contributed by atoms with E-state index in [9.17, 15) is 0 Å². The molecule has 1 unspecified atom stereocenters. The average Bonchev–Trinajstić information content (AvgIpc) is 2.40. The van der Waals surface area contributed by atoms with E-state index in [2.05, 4.69) is 0 Å². The number of methoxy groups -OCH3 is 1. The summed E-state index contributed by atoms with van der Waals surface area (Å²) in [6.07, 6.45) is 0.714. The molecule has 0 aliphatic carbocycles. The highest BCUT2D eigenvalue weighted by molar-refractivity contribution is 6.36. The smallest absolute Gasteiger partial charge is 0.137 e. The van der Waals surface area contributed by atoms with Crippen molar-refractivity contribution in [1.29, 1.82) is 0 Å². The van der Waals surface area contributed by atoms with Crippen LogP contribution in [0.15, 0.2) is 42.5 Å². The van der Waals surface area contributed by atoms with Gasteiger partial charge in [-0.05, 0) is 29.7 Å². The summed E-state index contributed by atoms with van der Waals surface area (Å²) in [5, 5.41) is 1.05. The summed E-state index contributed by atoms with van der Waals surface area (Å²) in [6.45, 7) is 0. The predicted octanol–water partition coefficient (Wildman–Crippen LogP) is 4.24. The molecule has 0 fully saturated rings. The molecule has 0 spiro atoms. The highest BCUT2D eigenvalue weighted by atomic mass is 35.5. The first kappa shape index (κ1) is 14.2. The first-order valence-corrected chi connectivity index (χ1v) is 6.70. The molecule has 0 radical (unpaired) electrons. The Labute approximate surface area is 123 Å². The van der Waals surface area contributed by atoms with Gasteiger partial charge in [0.2, 0.25) is 0 Å². The highest BCUT2D eigenvalue weighted by Gasteiger charge is 2.14. The Kier molecular flexibility index (Phi) is 4.70. The zero-order valence-electron chi connectivity index (χ0n) is 10.6. The zero-order chi connectivity index (χ0) is 13.8. The highest BCUT2D eigenvalue weighted by Crippen LogP contribution is 2.34. The van der Waals surface area contributed by atoms with E-state index in [-0.39, 0.29) is 6.04 Å². The number of nitrogens with two attached hydrogens (primary N) is 1. The van der Waals surface area contributed by atoms with Crippen molar-refractivity contribution in [3.05, 3.63) is 63.6 Å². The molecule has 0 aliphatic heterocycles. The Bertz CT molecular complexity index is 558. The minimum absolute atomic E-state index is 0.193. The lowest BCUT2D eigenvalue weighted by molar-refractivity contribution is 0.414. The molecule has 0 saturated heterocycles. The van der Waals surface area contributed by atoms with Gasteiger partial charge in [0.15, 0.2) is 0 Å². The lowest BCUT2D eigenvalue weighted by atomic mass is 9.99. The van der Waals surface area contributed by atoms with E-state index in [1.807, 2.05) is 30.3 Å². The van der Waals surface area contributed by atoms with E-state index in [1.165, 1.54) is 5.56 Å². The minimum Gasteiger partial charge on any atom is -0.495 e. The Morgan fingerprint density at radius 1 is 1.11 bits per heavy atom. The maximum Gasteiger partial charge on any atom is 0.137 e. The maximum absolute atomic E-state index is 6.22. The van der Waals surface area contributed by atoms with Crippen LogP contribution in [0.5, 0.6) is 5.75 Å². The van der Waals surface area contributed by atoms with Crippen LogP contribution in [0, 0.1) is 0 Å². The van der Waals surface area contributed by atoms with Crippen LogP contribution in [0.2, 0.25) is 10.0 Å². The second kappa shape index (κ2) is 6.29. The van der Waals surface area contributed by atoms with Crippen molar-refractivity contribution in [3.63, 3.8) is 0 Å².